The number of pyridine rings is 1. The second kappa shape index (κ2) is 6.36. The van der Waals surface area contributed by atoms with Crippen LogP contribution in [0.4, 0.5) is 0 Å². The largest absolute Gasteiger partial charge is 0.492 e. The molecule has 0 radical (unpaired) electrons. The summed E-state index contributed by atoms with van der Waals surface area (Å²) in [6.45, 7) is 2.29. The van der Waals surface area contributed by atoms with Crippen LogP contribution < -0.4 is 4.74 Å². The molecular formula is C16H16N4O2. The third-order valence-corrected chi connectivity index (χ3v) is 3.22. The molecule has 0 unspecified atom stereocenters. The molecule has 3 aromatic rings. The maximum absolute atomic E-state index is 9.55. The highest BCUT2D eigenvalue weighted by Crippen LogP contribution is 2.29. The van der Waals surface area contributed by atoms with Gasteiger partial charge in [0.15, 0.2) is 0 Å². The number of hydrogen-bond acceptors (Lipinski definition) is 5. The van der Waals surface area contributed by atoms with Crippen LogP contribution in [-0.4, -0.2) is 31.7 Å². The molecule has 0 fully saturated rings. The van der Waals surface area contributed by atoms with Gasteiger partial charge in [-0.15, -0.1) is 5.10 Å². The molecule has 2 aromatic heterocycles. The average molecular weight is 296 g/mol. The molecule has 6 nitrogen and oxygen atoms in total. The molecule has 0 bridgehead atoms. The summed E-state index contributed by atoms with van der Waals surface area (Å²) in [5.41, 5.74) is 2.82. The third-order valence-electron chi connectivity index (χ3n) is 3.22. The fourth-order valence-corrected chi connectivity index (χ4v) is 2.29. The van der Waals surface area contributed by atoms with Crippen LogP contribution in [-0.2, 0) is 6.61 Å². The minimum absolute atomic E-state index is 0.193. The minimum atomic E-state index is -0.193. The van der Waals surface area contributed by atoms with Crippen LogP contribution >= 0.6 is 0 Å². The lowest BCUT2D eigenvalue weighted by Crippen LogP contribution is -2.04. The van der Waals surface area contributed by atoms with Crippen LogP contribution in [0.25, 0.3) is 16.9 Å². The van der Waals surface area contributed by atoms with Crippen molar-refractivity contribution in [2.24, 2.45) is 0 Å². The standard InChI is InChI=1S/C16H16N4O2/c1-2-22-15-8-4-3-7-14(15)20-16(13(11-21)18-19-20)12-6-5-9-17-10-12/h3-10,21H,2,11H2,1H3. The maximum Gasteiger partial charge on any atom is 0.145 e. The van der Waals surface area contributed by atoms with Crippen molar-refractivity contribution in [3.8, 4) is 22.7 Å². The zero-order valence-electron chi connectivity index (χ0n) is 12.2. The highest BCUT2D eigenvalue weighted by Gasteiger charge is 2.18. The number of para-hydroxylation sites is 2. The molecule has 0 saturated heterocycles. The molecule has 0 saturated carbocycles. The smallest absolute Gasteiger partial charge is 0.145 e. The predicted octanol–water partition coefficient (Wildman–Crippen LogP) is 2.22. The number of rotatable bonds is 5. The predicted molar refractivity (Wildman–Crippen MR) is 81.7 cm³/mol. The Hall–Kier alpha value is -2.73. The summed E-state index contributed by atoms with van der Waals surface area (Å²) in [7, 11) is 0. The first-order valence-electron chi connectivity index (χ1n) is 7.03. The molecule has 0 atom stereocenters. The van der Waals surface area contributed by atoms with Crippen molar-refractivity contribution in [1.82, 2.24) is 20.0 Å². The number of nitrogens with zero attached hydrogens (tertiary/aromatic N) is 4. The quantitative estimate of drug-likeness (QED) is 0.781. The fraction of sp³-hybridized carbons (Fsp3) is 0.188. The van der Waals surface area contributed by atoms with E-state index < -0.39 is 0 Å². The zero-order valence-corrected chi connectivity index (χ0v) is 12.2. The van der Waals surface area contributed by atoms with Crippen molar-refractivity contribution in [3.05, 3.63) is 54.5 Å². The van der Waals surface area contributed by atoms with Crippen LogP contribution in [0.5, 0.6) is 5.75 Å². The molecule has 0 aliphatic carbocycles. The van der Waals surface area contributed by atoms with Crippen molar-refractivity contribution < 1.29 is 9.84 Å². The molecular weight excluding hydrogens is 280 g/mol. The number of benzene rings is 1. The number of ether oxygens (including phenoxy) is 1. The van der Waals surface area contributed by atoms with Crippen LogP contribution in [0.3, 0.4) is 0 Å². The summed E-state index contributed by atoms with van der Waals surface area (Å²) in [6, 6.07) is 11.3. The van der Waals surface area contributed by atoms with Gasteiger partial charge in [0.1, 0.15) is 22.8 Å². The van der Waals surface area contributed by atoms with Crippen LogP contribution in [0.2, 0.25) is 0 Å². The summed E-state index contributed by atoms with van der Waals surface area (Å²) in [5.74, 6) is 0.713. The Bertz CT molecular complexity index is 756. The van der Waals surface area contributed by atoms with E-state index in [0.717, 1.165) is 11.3 Å². The van der Waals surface area contributed by atoms with Gasteiger partial charge in [-0.25, -0.2) is 4.68 Å². The molecule has 0 spiro atoms. The van der Waals surface area contributed by atoms with E-state index in [1.165, 1.54) is 0 Å². The molecule has 1 aromatic carbocycles. The zero-order chi connectivity index (χ0) is 15.4. The topological polar surface area (TPSA) is 73.1 Å². The molecule has 2 heterocycles. The van der Waals surface area contributed by atoms with Gasteiger partial charge in [0.25, 0.3) is 0 Å². The molecule has 22 heavy (non-hydrogen) atoms. The first-order chi connectivity index (χ1) is 10.8. The van der Waals surface area contributed by atoms with Crippen molar-refractivity contribution in [2.45, 2.75) is 13.5 Å². The normalized spacial score (nSPS) is 10.6. The third kappa shape index (κ3) is 2.56. The monoisotopic (exact) mass is 296 g/mol. The van der Waals surface area contributed by atoms with Gasteiger partial charge in [-0.2, -0.15) is 0 Å². The van der Waals surface area contributed by atoms with E-state index >= 15 is 0 Å². The summed E-state index contributed by atoms with van der Waals surface area (Å²) >= 11 is 0. The lowest BCUT2D eigenvalue weighted by molar-refractivity contribution is 0.277. The van der Waals surface area contributed by atoms with Crippen LogP contribution in [0, 0.1) is 0 Å². The second-order valence-corrected chi connectivity index (χ2v) is 4.60. The fourth-order valence-electron chi connectivity index (χ4n) is 2.29. The van der Waals surface area contributed by atoms with E-state index in [4.69, 9.17) is 4.74 Å². The Labute approximate surface area is 128 Å². The van der Waals surface area contributed by atoms with Gasteiger partial charge < -0.3 is 9.84 Å². The summed E-state index contributed by atoms with van der Waals surface area (Å²) in [4.78, 5) is 4.13. The van der Waals surface area contributed by atoms with Crippen LogP contribution in [0.1, 0.15) is 12.6 Å². The molecule has 1 N–H and O–H groups in total. The Balaban J connectivity index is 2.19. The van der Waals surface area contributed by atoms with Gasteiger partial charge in [0.05, 0.1) is 13.2 Å². The van der Waals surface area contributed by atoms with Crippen molar-refractivity contribution in [2.75, 3.05) is 6.61 Å². The van der Waals surface area contributed by atoms with Gasteiger partial charge in [-0.3, -0.25) is 4.98 Å². The summed E-state index contributed by atoms with van der Waals surface area (Å²) in [5, 5.41) is 17.8. The van der Waals surface area contributed by atoms with Crippen molar-refractivity contribution in [1.29, 1.82) is 0 Å². The van der Waals surface area contributed by atoms with Gasteiger partial charge in [0, 0.05) is 18.0 Å². The second-order valence-electron chi connectivity index (χ2n) is 4.60. The first-order valence-corrected chi connectivity index (χ1v) is 7.03. The number of aliphatic hydroxyl groups is 1. The highest BCUT2D eigenvalue weighted by molar-refractivity contribution is 5.64. The number of aliphatic hydroxyl groups excluding tert-OH is 1. The van der Waals surface area contributed by atoms with Gasteiger partial charge in [0.2, 0.25) is 0 Å². The molecule has 0 aliphatic heterocycles. The van der Waals surface area contributed by atoms with E-state index in [1.54, 1.807) is 17.1 Å². The molecule has 112 valence electrons. The molecule has 3 rings (SSSR count). The maximum atomic E-state index is 9.55. The SMILES string of the molecule is CCOc1ccccc1-n1nnc(CO)c1-c1cccnc1. The van der Waals surface area contributed by atoms with Crippen LogP contribution in [0.15, 0.2) is 48.8 Å². The lowest BCUT2D eigenvalue weighted by Gasteiger charge is -2.12. The number of hydrogen-bond donors (Lipinski definition) is 1. The number of aromatic nitrogens is 4. The Kier molecular flexibility index (Phi) is 4.11. The Morgan fingerprint density at radius 3 is 2.77 bits per heavy atom. The average Bonchev–Trinajstić information content (AvgIpc) is 3.00. The molecule has 0 amide bonds. The van der Waals surface area contributed by atoms with Crippen molar-refractivity contribution >= 4 is 0 Å². The lowest BCUT2D eigenvalue weighted by atomic mass is 10.1. The Morgan fingerprint density at radius 1 is 1.18 bits per heavy atom. The minimum Gasteiger partial charge on any atom is -0.492 e. The van der Waals surface area contributed by atoms with E-state index in [1.807, 2.05) is 43.3 Å². The van der Waals surface area contributed by atoms with E-state index in [-0.39, 0.29) is 6.61 Å². The van der Waals surface area contributed by atoms with Crippen molar-refractivity contribution in [3.63, 3.8) is 0 Å². The van der Waals surface area contributed by atoms with Gasteiger partial charge >= 0.3 is 0 Å². The summed E-state index contributed by atoms with van der Waals surface area (Å²) < 4.78 is 7.33. The Morgan fingerprint density at radius 2 is 2.05 bits per heavy atom. The molecule has 6 heteroatoms. The van der Waals surface area contributed by atoms with E-state index in [2.05, 4.69) is 15.3 Å². The molecule has 0 aliphatic rings. The van der Waals surface area contributed by atoms with Gasteiger partial charge in [-0.05, 0) is 31.2 Å². The van der Waals surface area contributed by atoms with Gasteiger partial charge in [-0.1, -0.05) is 17.3 Å². The van der Waals surface area contributed by atoms with E-state index in [9.17, 15) is 5.11 Å². The van der Waals surface area contributed by atoms with E-state index in [0.29, 0.717) is 23.7 Å². The highest BCUT2D eigenvalue weighted by atomic mass is 16.5. The first kappa shape index (κ1) is 14.2. The summed E-state index contributed by atoms with van der Waals surface area (Å²) in [6.07, 6.45) is 3.42.